The summed E-state index contributed by atoms with van der Waals surface area (Å²) in [6.45, 7) is 0. The van der Waals surface area contributed by atoms with Gasteiger partial charge in [-0.2, -0.15) is 0 Å². The first kappa shape index (κ1) is 18.0. The summed E-state index contributed by atoms with van der Waals surface area (Å²) in [7, 11) is 3.97. The van der Waals surface area contributed by atoms with Crippen molar-refractivity contribution in [2.45, 2.75) is 5.92 Å². The van der Waals surface area contributed by atoms with Crippen LogP contribution in [0.25, 0.3) is 0 Å². The molecule has 132 valence electrons. The monoisotopic (exact) mass is 366 g/mol. The van der Waals surface area contributed by atoms with Crippen LogP contribution in [0.15, 0.2) is 72.8 Å². The Labute approximate surface area is 157 Å². The summed E-state index contributed by atoms with van der Waals surface area (Å²) in [4.78, 5) is 12.9. The Morgan fingerprint density at radius 1 is 0.923 bits per heavy atom. The highest BCUT2D eigenvalue weighted by Gasteiger charge is 2.22. The fourth-order valence-electron chi connectivity index (χ4n) is 3.03. The minimum atomic E-state index is -0.392. The van der Waals surface area contributed by atoms with Gasteiger partial charge in [-0.25, -0.2) is 0 Å². The Kier molecular flexibility index (Phi) is 5.24. The van der Waals surface area contributed by atoms with Crippen molar-refractivity contribution in [2.75, 3.05) is 19.0 Å². The van der Waals surface area contributed by atoms with E-state index < -0.39 is 4.92 Å². The molecule has 0 saturated heterocycles. The number of halogens is 1. The zero-order valence-corrected chi connectivity index (χ0v) is 15.4. The normalized spacial score (nSPS) is 11.8. The summed E-state index contributed by atoms with van der Waals surface area (Å²) < 4.78 is 0. The molecule has 4 nitrogen and oxygen atoms in total. The van der Waals surface area contributed by atoms with Gasteiger partial charge >= 0.3 is 0 Å². The van der Waals surface area contributed by atoms with Crippen LogP contribution >= 0.6 is 11.6 Å². The summed E-state index contributed by atoms with van der Waals surface area (Å²) in [5.74, 6) is -0.181. The van der Waals surface area contributed by atoms with Crippen molar-refractivity contribution < 1.29 is 4.92 Å². The number of hydrogen-bond donors (Lipinski definition) is 0. The molecule has 26 heavy (non-hydrogen) atoms. The van der Waals surface area contributed by atoms with Crippen LogP contribution < -0.4 is 4.90 Å². The topological polar surface area (TPSA) is 46.4 Å². The molecule has 3 aromatic rings. The minimum Gasteiger partial charge on any atom is -0.378 e. The lowest BCUT2D eigenvalue weighted by Gasteiger charge is -2.21. The first-order valence-electron chi connectivity index (χ1n) is 8.23. The molecule has 0 fully saturated rings. The zero-order chi connectivity index (χ0) is 18.7. The predicted octanol–water partition coefficient (Wildman–Crippen LogP) is 5.49. The van der Waals surface area contributed by atoms with E-state index in [0.29, 0.717) is 5.02 Å². The Bertz CT molecular complexity index is 909. The lowest BCUT2D eigenvalue weighted by molar-refractivity contribution is -0.384. The van der Waals surface area contributed by atoms with Crippen LogP contribution in [0.2, 0.25) is 5.02 Å². The van der Waals surface area contributed by atoms with E-state index in [0.717, 1.165) is 22.4 Å². The van der Waals surface area contributed by atoms with E-state index in [1.165, 1.54) is 6.07 Å². The second-order valence-electron chi connectivity index (χ2n) is 6.29. The van der Waals surface area contributed by atoms with Crippen LogP contribution in [-0.2, 0) is 0 Å². The van der Waals surface area contributed by atoms with Gasteiger partial charge in [0.1, 0.15) is 0 Å². The highest BCUT2D eigenvalue weighted by atomic mass is 35.5. The van der Waals surface area contributed by atoms with Crippen molar-refractivity contribution >= 4 is 23.0 Å². The first-order chi connectivity index (χ1) is 12.5. The van der Waals surface area contributed by atoms with Crippen LogP contribution in [0.4, 0.5) is 11.4 Å². The van der Waals surface area contributed by atoms with Gasteiger partial charge in [0.15, 0.2) is 0 Å². The Morgan fingerprint density at radius 2 is 1.54 bits per heavy atom. The molecule has 1 atom stereocenters. The molecule has 1 unspecified atom stereocenters. The molecule has 0 saturated carbocycles. The summed E-state index contributed by atoms with van der Waals surface area (Å²) in [6, 6.07) is 22.7. The third-order valence-electron chi connectivity index (χ3n) is 4.38. The molecule has 0 bridgehead atoms. The number of non-ortho nitro benzene ring substituents is 1. The molecule has 0 amide bonds. The number of rotatable bonds is 5. The maximum absolute atomic E-state index is 11.2. The molecular weight excluding hydrogens is 348 g/mol. The minimum absolute atomic E-state index is 0.0373. The van der Waals surface area contributed by atoms with Crippen molar-refractivity contribution in [2.24, 2.45) is 0 Å². The lowest BCUT2D eigenvalue weighted by Crippen LogP contribution is -2.09. The van der Waals surface area contributed by atoms with Crippen molar-refractivity contribution in [3.05, 3.63) is 105 Å². The molecule has 0 heterocycles. The quantitative estimate of drug-likeness (QED) is 0.340. The van der Waals surface area contributed by atoms with E-state index in [9.17, 15) is 10.1 Å². The molecule has 3 rings (SSSR count). The van der Waals surface area contributed by atoms with Crippen molar-refractivity contribution in [3.63, 3.8) is 0 Å². The van der Waals surface area contributed by atoms with Crippen LogP contribution in [0.3, 0.4) is 0 Å². The molecule has 0 aromatic heterocycles. The number of nitrogens with zero attached hydrogens (tertiary/aromatic N) is 2. The Hall–Kier alpha value is -2.85. The van der Waals surface area contributed by atoms with Gasteiger partial charge in [0, 0.05) is 42.9 Å². The van der Waals surface area contributed by atoms with Gasteiger partial charge in [-0.1, -0.05) is 54.1 Å². The summed E-state index contributed by atoms with van der Waals surface area (Å²) in [6.07, 6.45) is 0. The number of benzene rings is 3. The molecule has 0 radical (unpaired) electrons. The fraction of sp³-hybridized carbons (Fsp3) is 0.143. The Balaban J connectivity index is 2.16. The highest BCUT2D eigenvalue weighted by Crippen LogP contribution is 2.38. The van der Waals surface area contributed by atoms with E-state index >= 15 is 0 Å². The molecule has 0 N–H and O–H groups in total. The van der Waals surface area contributed by atoms with Crippen LogP contribution in [0.5, 0.6) is 0 Å². The standard InChI is InChI=1S/C21H19ClN2O2/c1-23(2)17-10-8-16(9-11-17)21(15-6-4-3-5-7-15)19-14-18(24(25)26)12-13-20(19)22/h3-14,21H,1-2H3. The molecule has 3 aromatic carbocycles. The number of nitro benzene ring substituents is 1. The fourth-order valence-corrected chi connectivity index (χ4v) is 3.25. The summed E-state index contributed by atoms with van der Waals surface area (Å²) in [5.41, 5.74) is 3.92. The third kappa shape index (κ3) is 3.70. The molecular formula is C21H19ClN2O2. The number of hydrogen-bond acceptors (Lipinski definition) is 3. The van der Waals surface area contributed by atoms with E-state index in [4.69, 9.17) is 11.6 Å². The summed E-state index contributed by atoms with van der Waals surface area (Å²) in [5, 5.41) is 11.8. The van der Waals surface area contributed by atoms with Gasteiger partial charge in [0.2, 0.25) is 0 Å². The average molecular weight is 367 g/mol. The highest BCUT2D eigenvalue weighted by molar-refractivity contribution is 6.31. The van der Waals surface area contributed by atoms with Crippen molar-refractivity contribution in [1.82, 2.24) is 0 Å². The molecule has 0 aliphatic heterocycles. The second-order valence-corrected chi connectivity index (χ2v) is 6.70. The predicted molar refractivity (Wildman–Crippen MR) is 106 cm³/mol. The molecule has 5 heteroatoms. The maximum atomic E-state index is 11.2. The zero-order valence-electron chi connectivity index (χ0n) is 14.6. The van der Waals surface area contributed by atoms with E-state index in [2.05, 4.69) is 0 Å². The van der Waals surface area contributed by atoms with Crippen LogP contribution in [-0.4, -0.2) is 19.0 Å². The van der Waals surface area contributed by atoms with Crippen molar-refractivity contribution in [3.8, 4) is 0 Å². The van der Waals surface area contributed by atoms with Gasteiger partial charge in [-0.3, -0.25) is 10.1 Å². The van der Waals surface area contributed by atoms with Gasteiger partial charge in [-0.15, -0.1) is 0 Å². The number of anilines is 1. The van der Waals surface area contributed by atoms with Gasteiger partial charge in [0.05, 0.1) is 4.92 Å². The van der Waals surface area contributed by atoms with E-state index in [1.807, 2.05) is 73.6 Å². The van der Waals surface area contributed by atoms with Crippen LogP contribution in [0.1, 0.15) is 22.6 Å². The van der Waals surface area contributed by atoms with Crippen LogP contribution in [0, 0.1) is 10.1 Å². The SMILES string of the molecule is CN(C)c1ccc(C(c2ccccc2)c2cc([N+](=O)[O-])ccc2Cl)cc1. The van der Waals surface area contributed by atoms with Gasteiger partial charge in [0.25, 0.3) is 5.69 Å². The smallest absolute Gasteiger partial charge is 0.269 e. The lowest BCUT2D eigenvalue weighted by atomic mass is 9.85. The second kappa shape index (κ2) is 7.58. The van der Waals surface area contributed by atoms with Crippen molar-refractivity contribution in [1.29, 1.82) is 0 Å². The largest absolute Gasteiger partial charge is 0.378 e. The van der Waals surface area contributed by atoms with Gasteiger partial charge in [-0.05, 0) is 34.9 Å². The molecule has 0 spiro atoms. The Morgan fingerprint density at radius 3 is 2.12 bits per heavy atom. The summed E-state index contributed by atoms with van der Waals surface area (Å²) >= 11 is 6.45. The van der Waals surface area contributed by atoms with E-state index in [1.54, 1.807) is 12.1 Å². The third-order valence-corrected chi connectivity index (χ3v) is 4.72. The average Bonchev–Trinajstić information content (AvgIpc) is 2.64. The molecule has 0 aliphatic rings. The molecule has 0 aliphatic carbocycles. The first-order valence-corrected chi connectivity index (χ1v) is 8.61. The van der Waals surface area contributed by atoms with E-state index in [-0.39, 0.29) is 11.6 Å². The van der Waals surface area contributed by atoms with Gasteiger partial charge < -0.3 is 4.90 Å². The maximum Gasteiger partial charge on any atom is 0.269 e. The number of nitro groups is 1.